The maximum atomic E-state index is 12.8. The molecule has 148 valence electrons. The molecule has 0 aromatic heterocycles. The molecule has 3 rings (SSSR count). The number of methoxy groups -OCH3 is 1. The van der Waals surface area contributed by atoms with Gasteiger partial charge in [0.15, 0.2) is 0 Å². The zero-order chi connectivity index (χ0) is 20.3. The van der Waals surface area contributed by atoms with Gasteiger partial charge in [-0.2, -0.15) is 0 Å². The van der Waals surface area contributed by atoms with Crippen LogP contribution in [0.5, 0.6) is 5.75 Å². The molecule has 1 heterocycles. The number of rotatable bonds is 5. The van der Waals surface area contributed by atoms with E-state index in [4.69, 9.17) is 4.74 Å². The molecule has 2 aromatic rings. The summed E-state index contributed by atoms with van der Waals surface area (Å²) in [5.41, 5.74) is 4.19. The summed E-state index contributed by atoms with van der Waals surface area (Å²) in [7, 11) is 5.14. The monoisotopic (exact) mass is 380 g/mol. The molecule has 0 spiro atoms. The topological polar surface area (TPSA) is 49.9 Å². The van der Waals surface area contributed by atoms with Gasteiger partial charge in [-0.3, -0.25) is 9.59 Å². The molecule has 1 unspecified atom stereocenters. The molecule has 1 atom stereocenters. The molecule has 5 nitrogen and oxygen atoms in total. The first kappa shape index (κ1) is 19.9. The largest absolute Gasteiger partial charge is 0.497 e. The Morgan fingerprint density at radius 3 is 2.50 bits per heavy atom. The van der Waals surface area contributed by atoms with Gasteiger partial charge in [-0.15, -0.1) is 0 Å². The molecular weight excluding hydrogens is 352 g/mol. The smallest absolute Gasteiger partial charge is 0.253 e. The standard InChI is InChI=1S/C23H28N2O3/c1-16-21-15-20(28-4)11-10-18(21)13-14-25(16)22(26)12-7-17-5-8-19(9-6-17)23(27)24(2)3/h5-6,8-11,15-16H,7,12-14H2,1-4H3. The van der Waals surface area contributed by atoms with E-state index in [1.165, 1.54) is 11.1 Å². The van der Waals surface area contributed by atoms with Gasteiger partial charge in [0, 0.05) is 32.6 Å². The molecular formula is C23H28N2O3. The molecule has 1 aliphatic heterocycles. The summed E-state index contributed by atoms with van der Waals surface area (Å²) in [6, 6.07) is 13.7. The molecule has 0 radical (unpaired) electrons. The molecule has 0 N–H and O–H groups in total. The van der Waals surface area contributed by atoms with Crippen LogP contribution >= 0.6 is 0 Å². The van der Waals surface area contributed by atoms with E-state index < -0.39 is 0 Å². The average molecular weight is 380 g/mol. The second-order valence-electron chi connectivity index (χ2n) is 7.47. The van der Waals surface area contributed by atoms with Crippen LogP contribution in [0.15, 0.2) is 42.5 Å². The summed E-state index contributed by atoms with van der Waals surface area (Å²) in [5.74, 6) is 0.973. The van der Waals surface area contributed by atoms with Crippen molar-refractivity contribution in [3.63, 3.8) is 0 Å². The number of hydrogen-bond acceptors (Lipinski definition) is 3. The van der Waals surface area contributed by atoms with Crippen molar-refractivity contribution < 1.29 is 14.3 Å². The van der Waals surface area contributed by atoms with Gasteiger partial charge in [0.05, 0.1) is 13.2 Å². The van der Waals surface area contributed by atoms with Gasteiger partial charge in [0.25, 0.3) is 5.91 Å². The molecule has 0 bridgehead atoms. The number of carbonyl (C=O) groups excluding carboxylic acids is 2. The highest BCUT2D eigenvalue weighted by atomic mass is 16.5. The van der Waals surface area contributed by atoms with Crippen molar-refractivity contribution in [3.8, 4) is 5.75 Å². The number of fused-ring (bicyclic) bond motifs is 1. The molecule has 2 aromatic carbocycles. The first-order chi connectivity index (χ1) is 13.4. The minimum absolute atomic E-state index is 0.0149. The number of hydrogen-bond donors (Lipinski definition) is 0. The molecule has 0 saturated carbocycles. The average Bonchev–Trinajstić information content (AvgIpc) is 2.72. The van der Waals surface area contributed by atoms with Crippen molar-refractivity contribution in [2.75, 3.05) is 27.7 Å². The Bertz CT molecular complexity index is 859. The summed E-state index contributed by atoms with van der Waals surface area (Å²) < 4.78 is 5.34. The van der Waals surface area contributed by atoms with E-state index >= 15 is 0 Å². The molecule has 1 aliphatic rings. The number of benzene rings is 2. The van der Waals surface area contributed by atoms with Crippen molar-refractivity contribution in [1.82, 2.24) is 9.80 Å². The van der Waals surface area contributed by atoms with Crippen LogP contribution in [0, 0.1) is 0 Å². The molecule has 0 fully saturated rings. The van der Waals surface area contributed by atoms with Crippen LogP contribution in [0.3, 0.4) is 0 Å². The number of ether oxygens (including phenoxy) is 1. The number of amides is 2. The Balaban J connectivity index is 1.63. The van der Waals surface area contributed by atoms with Gasteiger partial charge >= 0.3 is 0 Å². The lowest BCUT2D eigenvalue weighted by molar-refractivity contribution is -0.133. The van der Waals surface area contributed by atoms with Crippen molar-refractivity contribution in [3.05, 3.63) is 64.7 Å². The SMILES string of the molecule is COc1ccc2c(c1)C(C)N(C(=O)CCc1ccc(C(=O)N(C)C)cc1)CC2. The number of aryl methyl sites for hydroxylation is 1. The van der Waals surface area contributed by atoms with Gasteiger partial charge in [-0.1, -0.05) is 18.2 Å². The lowest BCUT2D eigenvalue weighted by Gasteiger charge is -2.35. The van der Waals surface area contributed by atoms with E-state index in [0.29, 0.717) is 18.4 Å². The fourth-order valence-electron chi connectivity index (χ4n) is 3.73. The van der Waals surface area contributed by atoms with Crippen LogP contribution < -0.4 is 4.74 Å². The van der Waals surface area contributed by atoms with E-state index in [2.05, 4.69) is 13.0 Å². The molecule has 2 amide bonds. The van der Waals surface area contributed by atoms with E-state index in [0.717, 1.165) is 24.3 Å². The van der Waals surface area contributed by atoms with Crippen LogP contribution in [0.25, 0.3) is 0 Å². The lowest BCUT2D eigenvalue weighted by atomic mass is 9.92. The maximum Gasteiger partial charge on any atom is 0.253 e. The summed E-state index contributed by atoms with van der Waals surface area (Å²) in [4.78, 5) is 28.3. The highest BCUT2D eigenvalue weighted by molar-refractivity contribution is 5.93. The predicted octanol–water partition coefficient (Wildman–Crippen LogP) is 3.48. The third-order valence-corrected chi connectivity index (χ3v) is 5.45. The van der Waals surface area contributed by atoms with Crippen LogP contribution in [0.2, 0.25) is 0 Å². The van der Waals surface area contributed by atoms with E-state index in [1.54, 1.807) is 26.1 Å². The van der Waals surface area contributed by atoms with Crippen LogP contribution in [0.1, 0.15) is 46.4 Å². The van der Waals surface area contributed by atoms with Crippen molar-refractivity contribution >= 4 is 11.8 Å². The lowest BCUT2D eigenvalue weighted by Crippen LogP contribution is -2.39. The number of carbonyl (C=O) groups is 2. The molecule has 5 heteroatoms. The maximum absolute atomic E-state index is 12.8. The first-order valence-electron chi connectivity index (χ1n) is 9.67. The fourth-order valence-corrected chi connectivity index (χ4v) is 3.73. The molecule has 0 saturated heterocycles. The van der Waals surface area contributed by atoms with Gasteiger partial charge in [-0.05, 0) is 60.7 Å². The second-order valence-corrected chi connectivity index (χ2v) is 7.47. The quantitative estimate of drug-likeness (QED) is 0.798. The van der Waals surface area contributed by atoms with Crippen molar-refractivity contribution in [2.45, 2.75) is 32.2 Å². The Morgan fingerprint density at radius 2 is 1.86 bits per heavy atom. The predicted molar refractivity (Wildman–Crippen MR) is 110 cm³/mol. The van der Waals surface area contributed by atoms with Gasteiger partial charge in [0.2, 0.25) is 5.91 Å². The zero-order valence-electron chi connectivity index (χ0n) is 17.1. The van der Waals surface area contributed by atoms with E-state index in [9.17, 15) is 9.59 Å². The third-order valence-electron chi connectivity index (χ3n) is 5.45. The van der Waals surface area contributed by atoms with Crippen molar-refractivity contribution in [2.24, 2.45) is 0 Å². The first-order valence-corrected chi connectivity index (χ1v) is 9.67. The Morgan fingerprint density at radius 1 is 1.14 bits per heavy atom. The minimum atomic E-state index is -0.0149. The van der Waals surface area contributed by atoms with E-state index in [-0.39, 0.29) is 17.9 Å². The third kappa shape index (κ3) is 4.19. The normalized spacial score (nSPS) is 15.7. The number of nitrogens with zero attached hydrogens (tertiary/aromatic N) is 2. The van der Waals surface area contributed by atoms with Crippen molar-refractivity contribution in [1.29, 1.82) is 0 Å². The zero-order valence-corrected chi connectivity index (χ0v) is 17.1. The molecule has 0 aliphatic carbocycles. The van der Waals surface area contributed by atoms with Crippen LogP contribution in [0.4, 0.5) is 0 Å². The Labute approximate surface area is 166 Å². The van der Waals surface area contributed by atoms with Gasteiger partial charge in [-0.25, -0.2) is 0 Å². The summed E-state index contributed by atoms with van der Waals surface area (Å²) >= 11 is 0. The Hall–Kier alpha value is -2.82. The van der Waals surface area contributed by atoms with Gasteiger partial charge < -0.3 is 14.5 Å². The summed E-state index contributed by atoms with van der Waals surface area (Å²) in [5, 5.41) is 0. The highest BCUT2D eigenvalue weighted by Crippen LogP contribution is 2.32. The summed E-state index contributed by atoms with van der Waals surface area (Å²) in [6.07, 6.45) is 2.00. The van der Waals surface area contributed by atoms with Crippen LogP contribution in [-0.2, 0) is 17.6 Å². The second kappa shape index (κ2) is 8.46. The highest BCUT2D eigenvalue weighted by Gasteiger charge is 2.27. The van der Waals surface area contributed by atoms with Crippen LogP contribution in [-0.4, -0.2) is 49.4 Å². The fraction of sp³-hybridized carbons (Fsp3) is 0.391. The summed E-state index contributed by atoms with van der Waals surface area (Å²) in [6.45, 7) is 2.83. The Kier molecular flexibility index (Phi) is 6.02. The van der Waals surface area contributed by atoms with E-state index in [1.807, 2.05) is 41.3 Å². The molecule has 28 heavy (non-hydrogen) atoms. The van der Waals surface area contributed by atoms with Gasteiger partial charge in [0.1, 0.15) is 5.75 Å². The minimum Gasteiger partial charge on any atom is -0.497 e.